The molecule has 0 aliphatic carbocycles. The van der Waals surface area contributed by atoms with Crippen molar-refractivity contribution in [3.05, 3.63) is 54.1 Å². The van der Waals surface area contributed by atoms with Crippen LogP contribution in [-0.2, 0) is 16.7 Å². The Hall–Kier alpha value is -1.72. The highest BCUT2D eigenvalue weighted by atomic mass is 19.1. The lowest BCUT2D eigenvalue weighted by Crippen LogP contribution is -2.40. The maximum atomic E-state index is 13.2. The number of aromatic nitrogens is 2. The average molecular weight is 317 g/mol. The van der Waals surface area contributed by atoms with Crippen molar-refractivity contribution in [2.24, 2.45) is 0 Å². The summed E-state index contributed by atoms with van der Waals surface area (Å²) in [5.41, 5.74) is 1.16. The van der Waals surface area contributed by atoms with Gasteiger partial charge in [-0.15, -0.1) is 0 Å². The minimum Gasteiger partial charge on any atom is -0.380 e. The van der Waals surface area contributed by atoms with Crippen LogP contribution < -0.4 is 0 Å². The number of hydrogen-bond donors (Lipinski definition) is 0. The van der Waals surface area contributed by atoms with Gasteiger partial charge in [-0.25, -0.2) is 4.39 Å². The van der Waals surface area contributed by atoms with E-state index in [2.05, 4.69) is 17.0 Å². The topological polar surface area (TPSA) is 30.3 Å². The third-order valence-corrected chi connectivity index (χ3v) is 4.62. The predicted molar refractivity (Wildman–Crippen MR) is 87.9 cm³/mol. The minimum absolute atomic E-state index is 0.0197. The highest BCUT2D eigenvalue weighted by molar-refractivity contribution is 5.28. The van der Waals surface area contributed by atoms with Crippen LogP contribution in [0.2, 0.25) is 0 Å². The number of hydrogen-bond acceptors (Lipinski definition) is 3. The van der Waals surface area contributed by atoms with Crippen molar-refractivity contribution in [3.63, 3.8) is 0 Å². The van der Waals surface area contributed by atoms with Gasteiger partial charge in [0.15, 0.2) is 0 Å². The van der Waals surface area contributed by atoms with E-state index in [0.717, 1.165) is 39.1 Å². The highest BCUT2D eigenvalue weighted by Gasteiger charge is 2.37. The predicted octanol–water partition coefficient (Wildman–Crippen LogP) is 2.70. The Kier molecular flexibility index (Phi) is 5.08. The molecule has 5 heteroatoms. The van der Waals surface area contributed by atoms with Crippen LogP contribution in [0.4, 0.5) is 4.39 Å². The summed E-state index contributed by atoms with van der Waals surface area (Å²) in [7, 11) is 2.15. The summed E-state index contributed by atoms with van der Waals surface area (Å²) >= 11 is 0. The molecule has 1 aliphatic rings. The third-order valence-electron chi connectivity index (χ3n) is 4.62. The Morgan fingerprint density at radius 1 is 1.35 bits per heavy atom. The first-order valence-electron chi connectivity index (χ1n) is 8.18. The molecular weight excluding hydrogens is 293 g/mol. The number of likely N-dealkylation sites (N-methyl/N-ethyl adjacent to an activating group) is 1. The van der Waals surface area contributed by atoms with Crippen LogP contribution in [0.3, 0.4) is 0 Å². The van der Waals surface area contributed by atoms with Crippen LogP contribution >= 0.6 is 0 Å². The number of ether oxygens (including phenoxy) is 1. The first kappa shape index (κ1) is 16.1. The van der Waals surface area contributed by atoms with E-state index in [-0.39, 0.29) is 11.2 Å². The average Bonchev–Trinajstić information content (AvgIpc) is 3.20. The smallest absolute Gasteiger partial charge is 0.123 e. The van der Waals surface area contributed by atoms with E-state index in [1.54, 1.807) is 12.1 Å². The van der Waals surface area contributed by atoms with Crippen LogP contribution in [-0.4, -0.2) is 48.0 Å². The van der Waals surface area contributed by atoms with Crippen LogP contribution in [0.15, 0.2) is 42.7 Å². The second-order valence-corrected chi connectivity index (χ2v) is 6.45. The number of rotatable bonds is 7. The van der Waals surface area contributed by atoms with E-state index in [0.29, 0.717) is 6.61 Å². The molecule has 124 valence electrons. The van der Waals surface area contributed by atoms with Gasteiger partial charge in [0, 0.05) is 37.5 Å². The van der Waals surface area contributed by atoms with Crippen molar-refractivity contribution in [2.45, 2.75) is 24.8 Å². The van der Waals surface area contributed by atoms with Crippen LogP contribution in [0.25, 0.3) is 0 Å². The quantitative estimate of drug-likeness (QED) is 0.786. The van der Waals surface area contributed by atoms with Crippen molar-refractivity contribution in [1.82, 2.24) is 14.7 Å². The first-order valence-corrected chi connectivity index (χ1v) is 8.18. The number of nitrogens with zero attached hydrogens (tertiary/aromatic N) is 3. The summed E-state index contributed by atoms with van der Waals surface area (Å²) in [4.78, 5) is 2.35. The summed E-state index contributed by atoms with van der Waals surface area (Å²) in [5, 5.41) is 4.23. The van der Waals surface area contributed by atoms with Gasteiger partial charge in [0.1, 0.15) is 5.82 Å². The van der Waals surface area contributed by atoms with Crippen LogP contribution in [0, 0.1) is 5.82 Å². The van der Waals surface area contributed by atoms with Crippen molar-refractivity contribution in [2.75, 3.05) is 33.4 Å². The van der Waals surface area contributed by atoms with Gasteiger partial charge in [-0.1, -0.05) is 12.1 Å². The van der Waals surface area contributed by atoms with E-state index in [9.17, 15) is 4.39 Å². The summed E-state index contributed by atoms with van der Waals surface area (Å²) in [6, 6.07) is 8.85. The van der Waals surface area contributed by atoms with Crippen molar-refractivity contribution < 1.29 is 9.13 Å². The van der Waals surface area contributed by atoms with Crippen molar-refractivity contribution in [1.29, 1.82) is 0 Å². The highest BCUT2D eigenvalue weighted by Crippen LogP contribution is 2.34. The molecule has 0 spiro atoms. The molecule has 4 nitrogen and oxygen atoms in total. The van der Waals surface area contributed by atoms with E-state index >= 15 is 0 Å². The maximum Gasteiger partial charge on any atom is 0.123 e. The third kappa shape index (κ3) is 3.98. The summed E-state index contributed by atoms with van der Waals surface area (Å²) in [5.74, 6) is -0.185. The Morgan fingerprint density at radius 2 is 2.17 bits per heavy atom. The summed E-state index contributed by atoms with van der Waals surface area (Å²) in [6.45, 7) is 4.35. The fourth-order valence-electron chi connectivity index (χ4n) is 3.39. The lowest BCUT2D eigenvalue weighted by atomic mass is 9.79. The molecule has 3 rings (SSSR count). The Morgan fingerprint density at radius 3 is 2.83 bits per heavy atom. The van der Waals surface area contributed by atoms with Gasteiger partial charge in [-0.05, 0) is 50.2 Å². The lowest BCUT2D eigenvalue weighted by molar-refractivity contribution is 0.158. The summed E-state index contributed by atoms with van der Waals surface area (Å²) < 4.78 is 20.8. The fourth-order valence-corrected chi connectivity index (χ4v) is 3.39. The standard InChI is InChI=1S/C18H24FN3O/c1-21(10-3-12-22-11-2-9-20-22)14-18(8-13-23-15-18)16-4-6-17(19)7-5-16/h2,4-7,9,11H,3,8,10,12-15H2,1H3. The molecule has 0 amide bonds. The Labute approximate surface area is 136 Å². The minimum atomic E-state index is -0.185. The molecule has 0 radical (unpaired) electrons. The van der Waals surface area contributed by atoms with Crippen molar-refractivity contribution in [3.8, 4) is 0 Å². The SMILES string of the molecule is CN(CCCn1cccn1)CC1(c2ccc(F)cc2)CCOC1. The lowest BCUT2D eigenvalue weighted by Gasteiger charge is -2.33. The molecule has 2 aromatic rings. The van der Waals surface area contributed by atoms with Gasteiger partial charge in [0.05, 0.1) is 6.61 Å². The van der Waals surface area contributed by atoms with E-state index in [1.165, 1.54) is 5.56 Å². The van der Waals surface area contributed by atoms with Gasteiger partial charge >= 0.3 is 0 Å². The molecule has 1 saturated heterocycles. The van der Waals surface area contributed by atoms with Gasteiger partial charge < -0.3 is 9.64 Å². The molecule has 2 heterocycles. The van der Waals surface area contributed by atoms with Gasteiger partial charge in [0.2, 0.25) is 0 Å². The zero-order valence-corrected chi connectivity index (χ0v) is 13.6. The van der Waals surface area contributed by atoms with Gasteiger partial charge in [0.25, 0.3) is 0 Å². The fraction of sp³-hybridized carbons (Fsp3) is 0.500. The molecule has 1 atom stereocenters. The maximum absolute atomic E-state index is 13.2. The first-order chi connectivity index (χ1) is 11.2. The molecule has 1 fully saturated rings. The molecule has 0 N–H and O–H groups in total. The van der Waals surface area contributed by atoms with Gasteiger partial charge in [-0.3, -0.25) is 4.68 Å². The molecule has 1 aromatic carbocycles. The molecule has 0 saturated carbocycles. The second-order valence-electron chi connectivity index (χ2n) is 6.45. The monoisotopic (exact) mass is 317 g/mol. The second kappa shape index (κ2) is 7.23. The van der Waals surface area contributed by atoms with Crippen LogP contribution in [0.1, 0.15) is 18.4 Å². The Balaban J connectivity index is 1.59. The zero-order valence-electron chi connectivity index (χ0n) is 13.6. The van der Waals surface area contributed by atoms with E-state index < -0.39 is 0 Å². The molecule has 1 aliphatic heterocycles. The largest absolute Gasteiger partial charge is 0.380 e. The summed E-state index contributed by atoms with van der Waals surface area (Å²) in [6.07, 6.45) is 5.84. The number of halogens is 1. The zero-order chi connectivity index (χ0) is 16.1. The number of benzene rings is 1. The Bertz CT molecular complexity index is 591. The molecule has 1 unspecified atom stereocenters. The molecule has 1 aromatic heterocycles. The molecule has 0 bridgehead atoms. The normalized spacial score (nSPS) is 21.2. The van der Waals surface area contributed by atoms with E-state index in [1.807, 2.05) is 35.3 Å². The van der Waals surface area contributed by atoms with E-state index in [4.69, 9.17) is 4.74 Å². The van der Waals surface area contributed by atoms with Crippen LogP contribution in [0.5, 0.6) is 0 Å². The van der Waals surface area contributed by atoms with Gasteiger partial charge in [-0.2, -0.15) is 5.10 Å². The van der Waals surface area contributed by atoms with Crippen molar-refractivity contribution >= 4 is 0 Å². The number of aryl methyl sites for hydroxylation is 1. The molecule has 23 heavy (non-hydrogen) atoms. The molecular formula is C18H24FN3O.